The lowest BCUT2D eigenvalue weighted by molar-refractivity contribution is 0.246. The van der Waals surface area contributed by atoms with E-state index >= 15 is 0 Å². The highest BCUT2D eigenvalue weighted by molar-refractivity contribution is 5.90. The Labute approximate surface area is 128 Å². The predicted molar refractivity (Wildman–Crippen MR) is 79.8 cm³/mol. The van der Waals surface area contributed by atoms with Crippen molar-refractivity contribution in [3.05, 3.63) is 35.1 Å². The highest BCUT2D eigenvalue weighted by Crippen LogP contribution is 2.44. The molecule has 0 spiro atoms. The minimum Gasteiger partial charge on any atom is -0.469 e. The Morgan fingerprint density at radius 1 is 1.36 bits per heavy atom. The van der Waals surface area contributed by atoms with Crippen LogP contribution in [-0.4, -0.2) is 11.2 Å². The van der Waals surface area contributed by atoms with Gasteiger partial charge in [0.05, 0.1) is 12.3 Å². The zero-order chi connectivity index (χ0) is 15.1. The molecule has 2 aliphatic carbocycles. The number of anilines is 1. The fourth-order valence-corrected chi connectivity index (χ4v) is 3.11. The average Bonchev–Trinajstić information content (AvgIpc) is 3.11. The molecule has 0 saturated heterocycles. The van der Waals surface area contributed by atoms with Crippen molar-refractivity contribution in [3.63, 3.8) is 0 Å². The molecule has 6 heteroatoms. The first-order valence-corrected chi connectivity index (χ1v) is 7.82. The van der Waals surface area contributed by atoms with E-state index in [-0.39, 0.29) is 12.1 Å². The van der Waals surface area contributed by atoms with Gasteiger partial charge in [-0.1, -0.05) is 5.16 Å². The SMILES string of the molecule is Cc1noc(C2CC2)c1NC(=O)N[C@H]1CCCc2occc21. The normalized spacial score (nSPS) is 20.5. The van der Waals surface area contributed by atoms with E-state index in [0.29, 0.717) is 5.92 Å². The molecule has 1 saturated carbocycles. The quantitative estimate of drug-likeness (QED) is 0.906. The lowest BCUT2D eigenvalue weighted by Gasteiger charge is -2.22. The van der Waals surface area contributed by atoms with E-state index in [2.05, 4.69) is 15.8 Å². The molecular weight excluding hydrogens is 282 g/mol. The van der Waals surface area contributed by atoms with Crippen molar-refractivity contribution in [3.8, 4) is 0 Å². The molecule has 0 bridgehead atoms. The van der Waals surface area contributed by atoms with Crippen LogP contribution < -0.4 is 10.6 Å². The van der Waals surface area contributed by atoms with Crippen molar-refractivity contribution in [1.29, 1.82) is 0 Å². The van der Waals surface area contributed by atoms with Gasteiger partial charge in [-0.2, -0.15) is 0 Å². The lowest BCUT2D eigenvalue weighted by Crippen LogP contribution is -2.34. The number of rotatable bonds is 3. The topological polar surface area (TPSA) is 80.3 Å². The Morgan fingerprint density at radius 2 is 2.23 bits per heavy atom. The fourth-order valence-electron chi connectivity index (χ4n) is 3.11. The minimum absolute atomic E-state index is 0.00652. The van der Waals surface area contributed by atoms with Gasteiger partial charge in [-0.3, -0.25) is 0 Å². The molecule has 2 aromatic heterocycles. The molecule has 1 fully saturated rings. The summed E-state index contributed by atoms with van der Waals surface area (Å²) < 4.78 is 10.8. The molecule has 2 aromatic rings. The van der Waals surface area contributed by atoms with Crippen LogP contribution in [0, 0.1) is 6.92 Å². The summed E-state index contributed by atoms with van der Waals surface area (Å²) in [5, 5.41) is 9.92. The Hall–Kier alpha value is -2.24. The van der Waals surface area contributed by atoms with Crippen molar-refractivity contribution in [2.24, 2.45) is 0 Å². The summed E-state index contributed by atoms with van der Waals surface area (Å²) in [5.74, 6) is 2.20. The van der Waals surface area contributed by atoms with Crippen LogP contribution in [0.25, 0.3) is 0 Å². The molecule has 2 amide bonds. The monoisotopic (exact) mass is 301 g/mol. The number of nitrogens with one attached hydrogen (secondary N) is 2. The molecule has 0 unspecified atom stereocenters. The van der Waals surface area contributed by atoms with Gasteiger partial charge in [-0.15, -0.1) is 0 Å². The maximum Gasteiger partial charge on any atom is 0.319 e. The second-order valence-electron chi connectivity index (χ2n) is 6.12. The van der Waals surface area contributed by atoms with Gasteiger partial charge < -0.3 is 19.6 Å². The van der Waals surface area contributed by atoms with Crippen LogP contribution in [0.15, 0.2) is 21.3 Å². The van der Waals surface area contributed by atoms with E-state index in [1.54, 1.807) is 6.26 Å². The van der Waals surface area contributed by atoms with Crippen LogP contribution in [0.4, 0.5) is 10.5 Å². The van der Waals surface area contributed by atoms with E-state index in [4.69, 9.17) is 8.94 Å². The number of amides is 2. The fraction of sp³-hybridized carbons (Fsp3) is 0.500. The van der Waals surface area contributed by atoms with E-state index < -0.39 is 0 Å². The van der Waals surface area contributed by atoms with Gasteiger partial charge in [0.25, 0.3) is 0 Å². The first kappa shape index (κ1) is 13.4. The second-order valence-corrected chi connectivity index (χ2v) is 6.12. The zero-order valence-electron chi connectivity index (χ0n) is 12.5. The number of urea groups is 1. The molecule has 0 aromatic carbocycles. The number of carbonyl (C=O) groups excluding carboxylic acids is 1. The summed E-state index contributed by atoms with van der Waals surface area (Å²) in [6.45, 7) is 1.85. The van der Waals surface area contributed by atoms with Crippen LogP contribution >= 0.6 is 0 Å². The summed E-state index contributed by atoms with van der Waals surface area (Å²) in [4.78, 5) is 12.3. The van der Waals surface area contributed by atoms with Gasteiger partial charge in [0, 0.05) is 17.9 Å². The molecule has 2 N–H and O–H groups in total. The maximum atomic E-state index is 12.3. The van der Waals surface area contributed by atoms with E-state index in [1.807, 2.05) is 13.0 Å². The van der Waals surface area contributed by atoms with Crippen molar-refractivity contribution < 1.29 is 13.7 Å². The summed E-state index contributed by atoms with van der Waals surface area (Å²) in [6.07, 6.45) is 6.79. The average molecular weight is 301 g/mol. The van der Waals surface area contributed by atoms with Crippen LogP contribution in [0.1, 0.15) is 60.4 Å². The van der Waals surface area contributed by atoms with Crippen molar-refractivity contribution in [2.45, 2.75) is 51.0 Å². The van der Waals surface area contributed by atoms with Crippen LogP contribution in [0.5, 0.6) is 0 Å². The second kappa shape index (κ2) is 5.19. The number of hydrogen-bond donors (Lipinski definition) is 2. The molecule has 22 heavy (non-hydrogen) atoms. The summed E-state index contributed by atoms with van der Waals surface area (Å²) >= 11 is 0. The van der Waals surface area contributed by atoms with Gasteiger partial charge in [-0.25, -0.2) is 4.79 Å². The number of hydrogen-bond acceptors (Lipinski definition) is 4. The Kier molecular flexibility index (Phi) is 3.17. The van der Waals surface area contributed by atoms with Crippen molar-refractivity contribution in [2.75, 3.05) is 5.32 Å². The molecule has 0 radical (unpaired) electrons. The predicted octanol–water partition coefficient (Wildman–Crippen LogP) is 3.65. The van der Waals surface area contributed by atoms with Crippen LogP contribution in [0.2, 0.25) is 0 Å². The van der Waals surface area contributed by atoms with Crippen molar-refractivity contribution >= 4 is 11.7 Å². The van der Waals surface area contributed by atoms with Gasteiger partial charge in [0.15, 0.2) is 5.76 Å². The number of fused-ring (bicyclic) bond motifs is 1. The summed E-state index contributed by atoms with van der Waals surface area (Å²) in [5.41, 5.74) is 2.54. The Balaban J connectivity index is 1.47. The molecule has 116 valence electrons. The first-order chi connectivity index (χ1) is 10.7. The summed E-state index contributed by atoms with van der Waals surface area (Å²) in [7, 11) is 0. The standard InChI is InChI=1S/C16H19N3O3/c1-9-14(15(22-19-9)10-5-6-10)18-16(20)17-12-3-2-4-13-11(12)7-8-21-13/h7-8,10,12H,2-6H2,1H3,(H2,17,18,20)/t12-/m0/s1. The molecule has 0 aliphatic heterocycles. The number of furan rings is 1. The third kappa shape index (κ3) is 2.38. The van der Waals surface area contributed by atoms with E-state index in [1.165, 1.54) is 0 Å². The van der Waals surface area contributed by atoms with Gasteiger partial charge in [-0.05, 0) is 38.7 Å². The minimum atomic E-state index is -0.216. The number of carbonyl (C=O) groups is 1. The zero-order valence-corrected chi connectivity index (χ0v) is 12.5. The third-order valence-electron chi connectivity index (χ3n) is 4.43. The van der Waals surface area contributed by atoms with Gasteiger partial charge in [0.2, 0.25) is 0 Å². The molecule has 1 atom stereocenters. The lowest BCUT2D eigenvalue weighted by atomic mass is 9.93. The largest absolute Gasteiger partial charge is 0.469 e. The van der Waals surface area contributed by atoms with Crippen LogP contribution in [-0.2, 0) is 6.42 Å². The molecule has 2 aliphatic rings. The van der Waals surface area contributed by atoms with E-state index in [0.717, 1.165) is 60.6 Å². The molecule has 2 heterocycles. The Morgan fingerprint density at radius 3 is 3.05 bits per heavy atom. The number of aryl methyl sites for hydroxylation is 2. The first-order valence-electron chi connectivity index (χ1n) is 7.82. The molecular formula is C16H19N3O3. The number of nitrogens with zero attached hydrogens (tertiary/aromatic N) is 1. The maximum absolute atomic E-state index is 12.3. The van der Waals surface area contributed by atoms with Crippen molar-refractivity contribution in [1.82, 2.24) is 10.5 Å². The smallest absolute Gasteiger partial charge is 0.319 e. The Bertz CT molecular complexity index is 699. The number of aromatic nitrogens is 1. The highest BCUT2D eigenvalue weighted by atomic mass is 16.5. The molecule has 4 rings (SSSR count). The van der Waals surface area contributed by atoms with Gasteiger partial charge in [0.1, 0.15) is 17.1 Å². The van der Waals surface area contributed by atoms with Gasteiger partial charge >= 0.3 is 6.03 Å². The summed E-state index contributed by atoms with van der Waals surface area (Å²) in [6, 6.07) is 1.74. The highest BCUT2D eigenvalue weighted by Gasteiger charge is 2.32. The van der Waals surface area contributed by atoms with Crippen LogP contribution in [0.3, 0.4) is 0 Å². The van der Waals surface area contributed by atoms with E-state index in [9.17, 15) is 4.79 Å². The third-order valence-corrected chi connectivity index (χ3v) is 4.43. The molecule has 6 nitrogen and oxygen atoms in total.